The summed E-state index contributed by atoms with van der Waals surface area (Å²) in [5.41, 5.74) is 1.69. The van der Waals surface area contributed by atoms with Crippen molar-refractivity contribution >= 4 is 21.6 Å². The van der Waals surface area contributed by atoms with Crippen molar-refractivity contribution in [2.24, 2.45) is 0 Å². The molecule has 0 aliphatic rings. The Kier molecular flexibility index (Phi) is 6.46. The molecule has 150 valence electrons. The molecule has 7 nitrogen and oxygen atoms in total. The van der Waals surface area contributed by atoms with E-state index in [9.17, 15) is 13.2 Å². The van der Waals surface area contributed by atoms with Gasteiger partial charge in [0.15, 0.2) is 0 Å². The van der Waals surface area contributed by atoms with Crippen LogP contribution >= 0.6 is 0 Å². The quantitative estimate of drug-likeness (QED) is 0.593. The molecule has 0 aliphatic heterocycles. The largest absolute Gasteiger partial charge is 0.494 e. The summed E-state index contributed by atoms with van der Waals surface area (Å²) in [6.45, 7) is 2.81. The molecule has 8 heteroatoms. The van der Waals surface area contributed by atoms with Gasteiger partial charge in [-0.1, -0.05) is 12.1 Å². The Morgan fingerprint density at radius 1 is 1.03 bits per heavy atom. The maximum atomic E-state index is 12.4. The van der Waals surface area contributed by atoms with Crippen molar-refractivity contribution in [2.45, 2.75) is 18.4 Å². The van der Waals surface area contributed by atoms with E-state index in [-0.39, 0.29) is 10.8 Å². The number of carbonyl (C=O) groups is 1. The molecule has 2 N–H and O–H groups in total. The van der Waals surface area contributed by atoms with Crippen molar-refractivity contribution in [1.29, 1.82) is 0 Å². The van der Waals surface area contributed by atoms with Crippen LogP contribution in [-0.4, -0.2) is 25.9 Å². The van der Waals surface area contributed by atoms with Crippen LogP contribution in [-0.2, 0) is 16.6 Å². The molecule has 0 aliphatic carbocycles. The van der Waals surface area contributed by atoms with Crippen LogP contribution in [0.25, 0.3) is 0 Å². The Morgan fingerprint density at radius 2 is 1.76 bits per heavy atom. The fourth-order valence-corrected chi connectivity index (χ4v) is 3.67. The first-order chi connectivity index (χ1) is 14.0. The van der Waals surface area contributed by atoms with Crippen LogP contribution < -0.4 is 14.8 Å². The summed E-state index contributed by atoms with van der Waals surface area (Å²) >= 11 is 0. The number of carbonyl (C=O) groups excluding carboxylic acids is 1. The maximum Gasteiger partial charge on any atom is 0.261 e. The second-order valence-corrected chi connectivity index (χ2v) is 7.81. The van der Waals surface area contributed by atoms with Gasteiger partial charge in [0.1, 0.15) is 5.75 Å². The van der Waals surface area contributed by atoms with E-state index in [1.54, 1.807) is 12.1 Å². The molecule has 1 aromatic heterocycles. The number of pyridine rings is 1. The van der Waals surface area contributed by atoms with Gasteiger partial charge in [0, 0.05) is 24.5 Å². The molecular formula is C21H21N3O4S. The molecule has 2 aromatic carbocycles. The Bertz CT molecular complexity index is 1070. The lowest BCUT2D eigenvalue weighted by Crippen LogP contribution is -2.23. The van der Waals surface area contributed by atoms with Crippen molar-refractivity contribution in [3.8, 4) is 5.75 Å². The number of nitrogens with zero attached hydrogens (tertiary/aromatic N) is 1. The third-order valence-electron chi connectivity index (χ3n) is 4.02. The van der Waals surface area contributed by atoms with Gasteiger partial charge < -0.3 is 10.1 Å². The number of amides is 1. The minimum absolute atomic E-state index is 0.0651. The number of ether oxygens (including phenoxy) is 1. The van der Waals surface area contributed by atoms with E-state index in [0.717, 1.165) is 11.3 Å². The number of aromatic nitrogens is 1. The minimum atomic E-state index is -3.74. The Balaban J connectivity index is 1.63. The second-order valence-electron chi connectivity index (χ2n) is 6.13. The zero-order valence-corrected chi connectivity index (χ0v) is 16.6. The van der Waals surface area contributed by atoms with Crippen molar-refractivity contribution in [2.75, 3.05) is 11.3 Å². The molecule has 0 saturated heterocycles. The van der Waals surface area contributed by atoms with Crippen molar-refractivity contribution < 1.29 is 17.9 Å². The van der Waals surface area contributed by atoms with E-state index in [1.807, 2.05) is 31.2 Å². The summed E-state index contributed by atoms with van der Waals surface area (Å²) in [5, 5.41) is 2.82. The second kappa shape index (κ2) is 9.20. The van der Waals surface area contributed by atoms with E-state index in [4.69, 9.17) is 4.74 Å². The van der Waals surface area contributed by atoms with E-state index in [2.05, 4.69) is 15.0 Å². The molecule has 0 spiro atoms. The predicted molar refractivity (Wildman–Crippen MR) is 110 cm³/mol. The van der Waals surface area contributed by atoms with Crippen molar-refractivity contribution in [1.82, 2.24) is 10.3 Å². The topological polar surface area (TPSA) is 97.4 Å². The lowest BCUT2D eigenvalue weighted by atomic mass is 10.2. The molecule has 0 bridgehead atoms. The first-order valence-corrected chi connectivity index (χ1v) is 10.5. The monoisotopic (exact) mass is 411 g/mol. The van der Waals surface area contributed by atoms with Gasteiger partial charge >= 0.3 is 0 Å². The van der Waals surface area contributed by atoms with Crippen LogP contribution in [0, 0.1) is 0 Å². The van der Waals surface area contributed by atoms with Crippen LogP contribution in [0.1, 0.15) is 22.8 Å². The summed E-state index contributed by atoms with van der Waals surface area (Å²) in [6, 6.07) is 16.3. The minimum Gasteiger partial charge on any atom is -0.494 e. The number of nitrogens with one attached hydrogen (secondary N) is 2. The molecule has 0 fully saturated rings. The van der Waals surface area contributed by atoms with E-state index >= 15 is 0 Å². The molecule has 3 rings (SSSR count). The molecule has 1 heterocycles. The van der Waals surface area contributed by atoms with Crippen LogP contribution in [0.4, 0.5) is 5.69 Å². The first kappa shape index (κ1) is 20.3. The lowest BCUT2D eigenvalue weighted by Gasteiger charge is -2.10. The van der Waals surface area contributed by atoms with Crippen LogP contribution in [0.15, 0.2) is 78.0 Å². The maximum absolute atomic E-state index is 12.4. The summed E-state index contributed by atoms with van der Waals surface area (Å²) in [4.78, 5) is 16.3. The zero-order valence-electron chi connectivity index (χ0n) is 15.8. The van der Waals surface area contributed by atoms with Gasteiger partial charge in [-0.2, -0.15) is 0 Å². The van der Waals surface area contributed by atoms with Gasteiger partial charge in [-0.25, -0.2) is 8.42 Å². The first-order valence-electron chi connectivity index (χ1n) is 9.01. The van der Waals surface area contributed by atoms with Gasteiger partial charge in [-0.15, -0.1) is 0 Å². The number of anilines is 1. The van der Waals surface area contributed by atoms with Gasteiger partial charge in [-0.3, -0.25) is 14.5 Å². The van der Waals surface area contributed by atoms with Gasteiger partial charge in [0.2, 0.25) is 0 Å². The highest BCUT2D eigenvalue weighted by molar-refractivity contribution is 7.92. The van der Waals surface area contributed by atoms with Crippen LogP contribution in [0.2, 0.25) is 0 Å². The third-order valence-corrected chi connectivity index (χ3v) is 5.42. The average molecular weight is 411 g/mol. The van der Waals surface area contributed by atoms with Crippen LogP contribution in [0.5, 0.6) is 5.75 Å². The number of sulfonamides is 1. The fourth-order valence-electron chi connectivity index (χ4n) is 2.62. The highest BCUT2D eigenvalue weighted by atomic mass is 32.2. The molecule has 3 aromatic rings. The van der Waals surface area contributed by atoms with E-state index in [1.165, 1.54) is 36.7 Å². The Morgan fingerprint density at radius 3 is 2.45 bits per heavy atom. The molecule has 1 amide bonds. The summed E-state index contributed by atoms with van der Waals surface area (Å²) < 4.78 is 32.8. The number of rotatable bonds is 8. The Labute approximate surface area is 169 Å². The SMILES string of the molecule is CCOc1cccc(CNC(=O)c2ccc(S(=O)(=O)Nc3ccncc3)cc2)c1. The number of hydrogen-bond donors (Lipinski definition) is 2. The standard InChI is InChI=1S/C21H21N3O4S/c1-2-28-19-5-3-4-16(14-19)15-23-21(25)17-6-8-20(9-7-17)29(26,27)24-18-10-12-22-13-11-18/h3-14H,2,15H2,1H3,(H,22,24)(H,23,25). The van der Waals surface area contributed by atoms with E-state index < -0.39 is 10.0 Å². The van der Waals surface area contributed by atoms with Gasteiger partial charge in [0.05, 0.1) is 17.2 Å². The van der Waals surface area contributed by atoms with Crippen molar-refractivity contribution in [3.05, 3.63) is 84.2 Å². The number of hydrogen-bond acceptors (Lipinski definition) is 5. The number of benzene rings is 2. The molecule has 0 atom stereocenters. The average Bonchev–Trinajstić information content (AvgIpc) is 2.73. The zero-order chi connectivity index (χ0) is 20.7. The third kappa shape index (κ3) is 5.55. The van der Waals surface area contributed by atoms with Gasteiger partial charge in [-0.05, 0) is 61.0 Å². The predicted octanol–water partition coefficient (Wildman–Crippen LogP) is 3.21. The highest BCUT2D eigenvalue weighted by Crippen LogP contribution is 2.16. The van der Waals surface area contributed by atoms with Crippen molar-refractivity contribution in [3.63, 3.8) is 0 Å². The van der Waals surface area contributed by atoms with Crippen LogP contribution in [0.3, 0.4) is 0 Å². The molecule has 0 radical (unpaired) electrons. The smallest absolute Gasteiger partial charge is 0.261 e. The molecule has 0 saturated carbocycles. The summed E-state index contributed by atoms with van der Waals surface area (Å²) in [5.74, 6) is 0.452. The highest BCUT2D eigenvalue weighted by Gasteiger charge is 2.15. The normalized spacial score (nSPS) is 10.9. The summed E-state index contributed by atoms with van der Waals surface area (Å²) in [7, 11) is -3.74. The molecular weight excluding hydrogens is 390 g/mol. The molecule has 29 heavy (non-hydrogen) atoms. The fraction of sp³-hybridized carbons (Fsp3) is 0.143. The van der Waals surface area contributed by atoms with E-state index in [0.29, 0.717) is 24.4 Å². The molecule has 0 unspecified atom stereocenters. The van der Waals surface area contributed by atoms with Gasteiger partial charge in [0.25, 0.3) is 15.9 Å². The Hall–Kier alpha value is -3.39. The summed E-state index contributed by atoms with van der Waals surface area (Å²) in [6.07, 6.45) is 2.99. The lowest BCUT2D eigenvalue weighted by molar-refractivity contribution is 0.0950.